The Bertz CT molecular complexity index is 618. The summed E-state index contributed by atoms with van der Waals surface area (Å²) in [4.78, 5) is 35.1. The normalized spacial score (nSPS) is 12.0. The predicted octanol–water partition coefficient (Wildman–Crippen LogP) is 2.86. The summed E-state index contributed by atoms with van der Waals surface area (Å²) in [5, 5.41) is 2.55. The molecule has 0 bridgehead atoms. The molecule has 0 spiro atoms. The summed E-state index contributed by atoms with van der Waals surface area (Å²) in [7, 11) is 2.61. The quantitative estimate of drug-likeness (QED) is 0.590. The van der Waals surface area contributed by atoms with Crippen LogP contribution in [-0.2, 0) is 25.4 Å². The molecule has 1 rings (SSSR count). The van der Waals surface area contributed by atoms with Gasteiger partial charge < -0.3 is 19.5 Å². The molecule has 7 heteroatoms. The van der Waals surface area contributed by atoms with E-state index >= 15 is 0 Å². The van der Waals surface area contributed by atoms with Crippen LogP contribution in [0, 0.1) is 0 Å². The van der Waals surface area contributed by atoms with Gasteiger partial charge in [0.15, 0.2) is 0 Å². The Balaban J connectivity index is 2.57. The lowest BCUT2D eigenvalue weighted by Crippen LogP contribution is -2.44. The Labute approximate surface area is 154 Å². The lowest BCUT2D eigenvalue weighted by atomic mass is 10.0. The molecule has 1 N–H and O–H groups in total. The van der Waals surface area contributed by atoms with Crippen molar-refractivity contribution in [1.29, 1.82) is 0 Å². The molecular formula is C19H27NO6. The summed E-state index contributed by atoms with van der Waals surface area (Å²) in [6, 6.07) is 6.28. The first-order chi connectivity index (χ1) is 12.2. The maximum atomic E-state index is 11.9. The van der Waals surface area contributed by atoms with Crippen LogP contribution in [0.25, 0.3) is 0 Å². The van der Waals surface area contributed by atoms with Crippen LogP contribution in [0.1, 0.15) is 49.5 Å². The fraction of sp³-hybridized carbons (Fsp3) is 0.526. The Morgan fingerprint density at radius 2 is 1.65 bits per heavy atom. The number of aryl methyl sites for hydroxylation is 1. The standard InChI is InChI=1S/C19H27NO6/c1-19(2,3)26-18(23)20-15(17(22)25-5)8-6-7-13-9-11-14(12-10-13)16(21)24-4/h9-12,15H,6-8H2,1-5H3,(H,20,23)/t15-/m0/s1. The molecule has 0 aliphatic rings. The molecule has 0 radical (unpaired) electrons. The third kappa shape index (κ3) is 7.55. The third-order valence-corrected chi connectivity index (χ3v) is 3.51. The molecule has 1 aromatic carbocycles. The number of esters is 2. The van der Waals surface area contributed by atoms with Gasteiger partial charge in [-0.25, -0.2) is 14.4 Å². The summed E-state index contributed by atoms with van der Waals surface area (Å²) in [6.45, 7) is 5.24. The summed E-state index contributed by atoms with van der Waals surface area (Å²) in [5.41, 5.74) is 0.848. The van der Waals surface area contributed by atoms with Gasteiger partial charge in [0.25, 0.3) is 0 Å². The molecule has 0 aliphatic carbocycles. The molecule has 0 saturated heterocycles. The van der Waals surface area contributed by atoms with Gasteiger partial charge in [-0.05, 0) is 57.7 Å². The third-order valence-electron chi connectivity index (χ3n) is 3.51. The monoisotopic (exact) mass is 365 g/mol. The SMILES string of the molecule is COC(=O)c1ccc(CCC[C@H](NC(=O)OC(C)(C)C)C(=O)OC)cc1. The number of benzene rings is 1. The fourth-order valence-electron chi connectivity index (χ4n) is 2.28. The first-order valence-corrected chi connectivity index (χ1v) is 8.41. The van der Waals surface area contributed by atoms with E-state index in [0.717, 1.165) is 5.56 Å². The van der Waals surface area contributed by atoms with Crippen molar-refractivity contribution in [1.82, 2.24) is 5.32 Å². The summed E-state index contributed by atoms with van der Waals surface area (Å²) < 4.78 is 14.6. The molecular weight excluding hydrogens is 338 g/mol. The van der Waals surface area contributed by atoms with E-state index in [9.17, 15) is 14.4 Å². The number of hydrogen-bond acceptors (Lipinski definition) is 6. The number of carbonyl (C=O) groups is 3. The second-order valence-corrected chi connectivity index (χ2v) is 6.80. The van der Waals surface area contributed by atoms with E-state index in [-0.39, 0.29) is 5.97 Å². The average molecular weight is 365 g/mol. The number of rotatable bonds is 7. The number of amides is 1. The van der Waals surface area contributed by atoms with Crippen molar-refractivity contribution in [3.8, 4) is 0 Å². The van der Waals surface area contributed by atoms with Crippen LogP contribution in [0.4, 0.5) is 4.79 Å². The Kier molecular flexibility index (Phi) is 8.09. The highest BCUT2D eigenvalue weighted by molar-refractivity contribution is 5.89. The first-order valence-electron chi connectivity index (χ1n) is 8.41. The molecule has 26 heavy (non-hydrogen) atoms. The van der Waals surface area contributed by atoms with Crippen LogP contribution in [0.5, 0.6) is 0 Å². The Morgan fingerprint density at radius 1 is 1.04 bits per heavy atom. The molecule has 1 aromatic rings. The lowest BCUT2D eigenvalue weighted by Gasteiger charge is -2.22. The zero-order valence-corrected chi connectivity index (χ0v) is 16.0. The average Bonchev–Trinajstić information content (AvgIpc) is 2.58. The van der Waals surface area contributed by atoms with Gasteiger partial charge in [0, 0.05) is 0 Å². The van der Waals surface area contributed by atoms with Gasteiger partial charge in [-0.3, -0.25) is 0 Å². The maximum absolute atomic E-state index is 11.9. The van der Waals surface area contributed by atoms with Crippen LogP contribution in [0.2, 0.25) is 0 Å². The Morgan fingerprint density at radius 3 is 2.15 bits per heavy atom. The first kappa shape index (κ1) is 21.5. The molecule has 0 fully saturated rings. The number of carbonyl (C=O) groups excluding carboxylic acids is 3. The van der Waals surface area contributed by atoms with E-state index in [1.165, 1.54) is 14.2 Å². The Hall–Kier alpha value is -2.57. The van der Waals surface area contributed by atoms with E-state index in [4.69, 9.17) is 9.47 Å². The van der Waals surface area contributed by atoms with Gasteiger partial charge in [-0.2, -0.15) is 0 Å². The van der Waals surface area contributed by atoms with Crippen molar-refractivity contribution >= 4 is 18.0 Å². The number of hydrogen-bond donors (Lipinski definition) is 1. The molecule has 7 nitrogen and oxygen atoms in total. The van der Waals surface area contributed by atoms with E-state index in [2.05, 4.69) is 10.1 Å². The van der Waals surface area contributed by atoms with Gasteiger partial charge in [0.1, 0.15) is 11.6 Å². The van der Waals surface area contributed by atoms with Crippen molar-refractivity contribution in [2.75, 3.05) is 14.2 Å². The molecule has 1 atom stereocenters. The smallest absolute Gasteiger partial charge is 0.408 e. The fourth-order valence-corrected chi connectivity index (χ4v) is 2.28. The van der Waals surface area contributed by atoms with E-state index < -0.39 is 23.7 Å². The van der Waals surface area contributed by atoms with Crippen LogP contribution < -0.4 is 5.32 Å². The highest BCUT2D eigenvalue weighted by Crippen LogP contribution is 2.12. The lowest BCUT2D eigenvalue weighted by molar-refractivity contribution is -0.143. The van der Waals surface area contributed by atoms with Crippen LogP contribution in [-0.4, -0.2) is 43.9 Å². The van der Waals surface area contributed by atoms with Gasteiger partial charge in [-0.15, -0.1) is 0 Å². The van der Waals surface area contributed by atoms with Gasteiger partial charge in [0.05, 0.1) is 19.8 Å². The van der Waals surface area contributed by atoms with E-state index in [1.54, 1.807) is 32.9 Å². The van der Waals surface area contributed by atoms with Crippen LogP contribution >= 0.6 is 0 Å². The van der Waals surface area contributed by atoms with Gasteiger partial charge in [0.2, 0.25) is 0 Å². The van der Waals surface area contributed by atoms with Crippen LogP contribution in [0.3, 0.4) is 0 Å². The molecule has 0 saturated carbocycles. The van der Waals surface area contributed by atoms with Crippen molar-refractivity contribution < 1.29 is 28.6 Å². The van der Waals surface area contributed by atoms with Crippen molar-refractivity contribution in [2.24, 2.45) is 0 Å². The van der Waals surface area contributed by atoms with Gasteiger partial charge in [-0.1, -0.05) is 12.1 Å². The number of nitrogens with one attached hydrogen (secondary N) is 1. The minimum Gasteiger partial charge on any atom is -0.467 e. The number of ether oxygens (including phenoxy) is 3. The van der Waals surface area contributed by atoms with Crippen molar-refractivity contribution in [3.63, 3.8) is 0 Å². The summed E-state index contributed by atoms with van der Waals surface area (Å²) >= 11 is 0. The largest absolute Gasteiger partial charge is 0.467 e. The minimum atomic E-state index is -0.774. The molecule has 1 amide bonds. The number of alkyl carbamates (subject to hydrolysis) is 1. The maximum Gasteiger partial charge on any atom is 0.408 e. The predicted molar refractivity (Wildman–Crippen MR) is 95.9 cm³/mol. The summed E-state index contributed by atoms with van der Waals surface area (Å²) in [6.07, 6.45) is 1.08. The molecule has 0 unspecified atom stereocenters. The highest BCUT2D eigenvalue weighted by Gasteiger charge is 2.24. The highest BCUT2D eigenvalue weighted by atomic mass is 16.6. The number of methoxy groups -OCH3 is 2. The molecule has 0 aromatic heterocycles. The zero-order chi connectivity index (χ0) is 19.7. The zero-order valence-electron chi connectivity index (χ0n) is 16.0. The topological polar surface area (TPSA) is 90.9 Å². The molecule has 0 heterocycles. The van der Waals surface area contributed by atoms with Crippen LogP contribution in [0.15, 0.2) is 24.3 Å². The molecule has 0 aliphatic heterocycles. The van der Waals surface area contributed by atoms with E-state index in [1.807, 2.05) is 12.1 Å². The second kappa shape index (κ2) is 9.79. The van der Waals surface area contributed by atoms with Crippen molar-refractivity contribution in [2.45, 2.75) is 51.7 Å². The molecule has 144 valence electrons. The summed E-state index contributed by atoms with van der Waals surface area (Å²) in [5.74, 6) is -0.902. The van der Waals surface area contributed by atoms with Crippen molar-refractivity contribution in [3.05, 3.63) is 35.4 Å². The van der Waals surface area contributed by atoms with Gasteiger partial charge >= 0.3 is 18.0 Å². The second-order valence-electron chi connectivity index (χ2n) is 6.80. The minimum absolute atomic E-state index is 0.385. The van der Waals surface area contributed by atoms with E-state index in [0.29, 0.717) is 24.8 Å².